The lowest BCUT2D eigenvalue weighted by molar-refractivity contribution is 0.0704. The van der Waals surface area contributed by atoms with Crippen LogP contribution in [0.5, 0.6) is 0 Å². The van der Waals surface area contributed by atoms with E-state index in [2.05, 4.69) is 26.1 Å². The lowest BCUT2D eigenvalue weighted by atomic mass is 9.87. The van der Waals surface area contributed by atoms with E-state index in [0.29, 0.717) is 24.7 Å². The molecule has 3 rings (SSSR count). The molecule has 2 fully saturated rings. The average Bonchev–Trinajstić information content (AvgIpc) is 3.14. The van der Waals surface area contributed by atoms with Gasteiger partial charge in [0.15, 0.2) is 0 Å². The molecule has 2 aliphatic rings. The molecule has 2 aliphatic heterocycles. The van der Waals surface area contributed by atoms with Crippen LogP contribution in [0.2, 0.25) is 0 Å². The largest absolute Gasteiger partial charge is 0.336 e. The minimum Gasteiger partial charge on any atom is -0.336 e. The standard InChI is InChI=1S/C19H27N3O2/c1-19(2,3)13-16-8-5-10-21(16)17(23)14-6-4-7-15(12-14)22-11-9-20-18(22)24/h4,6-7,12,16H,5,8-11,13H2,1-3H3,(H,20,24). The Kier molecular flexibility index (Phi) is 4.52. The lowest BCUT2D eigenvalue weighted by Gasteiger charge is -2.30. The maximum atomic E-state index is 13.0. The van der Waals surface area contributed by atoms with Crippen molar-refractivity contribution < 1.29 is 9.59 Å². The molecule has 0 aliphatic carbocycles. The van der Waals surface area contributed by atoms with Gasteiger partial charge in [-0.3, -0.25) is 9.69 Å². The molecule has 3 amide bonds. The quantitative estimate of drug-likeness (QED) is 0.925. The number of hydrogen-bond acceptors (Lipinski definition) is 2. The summed E-state index contributed by atoms with van der Waals surface area (Å²) in [6.07, 6.45) is 3.17. The number of likely N-dealkylation sites (tertiary alicyclic amines) is 1. The van der Waals surface area contributed by atoms with Crippen LogP contribution in [0.1, 0.15) is 50.4 Å². The van der Waals surface area contributed by atoms with Gasteiger partial charge < -0.3 is 10.2 Å². The molecule has 0 bridgehead atoms. The number of benzene rings is 1. The fraction of sp³-hybridized carbons (Fsp3) is 0.579. The summed E-state index contributed by atoms with van der Waals surface area (Å²) >= 11 is 0. The van der Waals surface area contributed by atoms with Crippen molar-refractivity contribution in [3.8, 4) is 0 Å². The Hall–Kier alpha value is -2.04. The lowest BCUT2D eigenvalue weighted by Crippen LogP contribution is -2.37. The maximum absolute atomic E-state index is 13.0. The highest BCUT2D eigenvalue weighted by Crippen LogP contribution is 2.31. The van der Waals surface area contributed by atoms with Gasteiger partial charge in [-0.05, 0) is 42.9 Å². The Morgan fingerprint density at radius 2 is 2.08 bits per heavy atom. The van der Waals surface area contributed by atoms with E-state index in [1.165, 1.54) is 0 Å². The van der Waals surface area contributed by atoms with Crippen LogP contribution in [0.4, 0.5) is 10.5 Å². The number of hydrogen-bond donors (Lipinski definition) is 1. The van der Waals surface area contributed by atoms with E-state index in [1.807, 2.05) is 29.2 Å². The van der Waals surface area contributed by atoms with Crippen LogP contribution < -0.4 is 10.2 Å². The first-order valence-electron chi connectivity index (χ1n) is 8.81. The second kappa shape index (κ2) is 6.46. The Labute approximate surface area is 144 Å². The zero-order chi connectivity index (χ0) is 17.3. The molecule has 1 atom stereocenters. The van der Waals surface area contributed by atoms with Gasteiger partial charge in [-0.15, -0.1) is 0 Å². The van der Waals surface area contributed by atoms with Crippen LogP contribution in [0.25, 0.3) is 0 Å². The number of rotatable bonds is 3. The van der Waals surface area contributed by atoms with E-state index in [1.54, 1.807) is 4.90 Å². The predicted molar refractivity (Wildman–Crippen MR) is 95.3 cm³/mol. The summed E-state index contributed by atoms with van der Waals surface area (Å²) in [5.41, 5.74) is 1.68. The van der Waals surface area contributed by atoms with Crippen molar-refractivity contribution in [2.45, 2.75) is 46.1 Å². The zero-order valence-corrected chi connectivity index (χ0v) is 14.8. The molecule has 0 saturated carbocycles. The minimum absolute atomic E-state index is 0.0863. The van der Waals surface area contributed by atoms with Crippen LogP contribution in [0.15, 0.2) is 24.3 Å². The molecule has 1 aromatic rings. The first-order chi connectivity index (χ1) is 11.3. The second-order valence-corrected chi connectivity index (χ2v) is 7.99. The Bertz CT molecular complexity index is 636. The summed E-state index contributed by atoms with van der Waals surface area (Å²) in [7, 11) is 0. The number of carbonyl (C=O) groups is 2. The monoisotopic (exact) mass is 329 g/mol. The molecule has 0 radical (unpaired) electrons. The summed E-state index contributed by atoms with van der Waals surface area (Å²) < 4.78 is 0. The van der Waals surface area contributed by atoms with Crippen LogP contribution >= 0.6 is 0 Å². The Balaban J connectivity index is 1.78. The highest BCUT2D eigenvalue weighted by molar-refractivity contribution is 5.98. The molecule has 1 unspecified atom stereocenters. The van der Waals surface area contributed by atoms with Gasteiger partial charge in [0.25, 0.3) is 5.91 Å². The third-order valence-corrected chi connectivity index (χ3v) is 4.75. The van der Waals surface area contributed by atoms with E-state index in [-0.39, 0.29) is 17.4 Å². The van der Waals surface area contributed by atoms with Crippen molar-refractivity contribution in [2.24, 2.45) is 5.41 Å². The zero-order valence-electron chi connectivity index (χ0n) is 14.8. The van der Waals surface area contributed by atoms with Gasteiger partial charge in [-0.2, -0.15) is 0 Å². The molecule has 2 saturated heterocycles. The molecular formula is C19H27N3O2. The van der Waals surface area contributed by atoms with E-state index in [9.17, 15) is 9.59 Å². The highest BCUT2D eigenvalue weighted by Gasteiger charge is 2.32. The highest BCUT2D eigenvalue weighted by atomic mass is 16.2. The summed E-state index contributed by atoms with van der Waals surface area (Å²) in [5, 5.41) is 2.80. The first-order valence-corrected chi connectivity index (χ1v) is 8.81. The van der Waals surface area contributed by atoms with Crippen molar-refractivity contribution in [1.82, 2.24) is 10.2 Å². The molecule has 1 N–H and O–H groups in total. The predicted octanol–water partition coefficient (Wildman–Crippen LogP) is 3.26. The molecular weight excluding hydrogens is 302 g/mol. The third-order valence-electron chi connectivity index (χ3n) is 4.75. The van der Waals surface area contributed by atoms with Crippen molar-refractivity contribution in [3.05, 3.63) is 29.8 Å². The first kappa shape index (κ1) is 16.8. The van der Waals surface area contributed by atoms with Gasteiger partial charge >= 0.3 is 6.03 Å². The van der Waals surface area contributed by atoms with Crippen LogP contribution in [0, 0.1) is 5.41 Å². The number of nitrogens with one attached hydrogen (secondary N) is 1. The second-order valence-electron chi connectivity index (χ2n) is 7.99. The van der Waals surface area contributed by atoms with Crippen molar-refractivity contribution >= 4 is 17.6 Å². The van der Waals surface area contributed by atoms with Gasteiger partial charge in [0.1, 0.15) is 0 Å². The molecule has 24 heavy (non-hydrogen) atoms. The van der Waals surface area contributed by atoms with E-state index < -0.39 is 0 Å². The van der Waals surface area contributed by atoms with Crippen molar-refractivity contribution in [3.63, 3.8) is 0 Å². The van der Waals surface area contributed by atoms with Gasteiger partial charge in [-0.25, -0.2) is 4.79 Å². The molecule has 0 aromatic heterocycles. The Morgan fingerprint density at radius 1 is 1.29 bits per heavy atom. The van der Waals surface area contributed by atoms with Gasteiger partial charge in [0.05, 0.1) is 0 Å². The maximum Gasteiger partial charge on any atom is 0.321 e. The number of nitrogens with zero attached hydrogens (tertiary/aromatic N) is 2. The topological polar surface area (TPSA) is 52.7 Å². The van der Waals surface area contributed by atoms with Crippen LogP contribution in [0.3, 0.4) is 0 Å². The fourth-order valence-corrected chi connectivity index (χ4v) is 3.71. The molecule has 5 heteroatoms. The van der Waals surface area contributed by atoms with Crippen LogP contribution in [-0.2, 0) is 0 Å². The SMILES string of the molecule is CC(C)(C)CC1CCCN1C(=O)c1cccc(N2CCNC2=O)c1. The van der Waals surface area contributed by atoms with Gasteiger partial charge in [0, 0.05) is 36.9 Å². The minimum atomic E-state index is -0.0913. The van der Waals surface area contributed by atoms with E-state index in [0.717, 1.165) is 31.5 Å². The summed E-state index contributed by atoms with van der Waals surface area (Å²) in [5.74, 6) is 0.0863. The van der Waals surface area contributed by atoms with Crippen molar-refractivity contribution in [1.29, 1.82) is 0 Å². The van der Waals surface area contributed by atoms with Gasteiger partial charge in [-0.1, -0.05) is 26.8 Å². The number of anilines is 1. The third kappa shape index (κ3) is 3.55. The van der Waals surface area contributed by atoms with Crippen LogP contribution in [-0.4, -0.2) is 42.5 Å². The summed E-state index contributed by atoms with van der Waals surface area (Å²) in [6.45, 7) is 8.79. The van der Waals surface area contributed by atoms with Crippen molar-refractivity contribution in [2.75, 3.05) is 24.5 Å². The number of carbonyl (C=O) groups excluding carboxylic acids is 2. The molecule has 0 spiro atoms. The fourth-order valence-electron chi connectivity index (χ4n) is 3.71. The normalized spacial score (nSPS) is 21.3. The molecule has 5 nitrogen and oxygen atoms in total. The smallest absolute Gasteiger partial charge is 0.321 e. The number of urea groups is 1. The summed E-state index contributed by atoms with van der Waals surface area (Å²) in [4.78, 5) is 28.5. The molecule has 2 heterocycles. The number of amides is 3. The molecule has 130 valence electrons. The molecule has 1 aromatic carbocycles. The summed E-state index contributed by atoms with van der Waals surface area (Å²) in [6, 6.07) is 7.68. The van der Waals surface area contributed by atoms with E-state index in [4.69, 9.17) is 0 Å². The van der Waals surface area contributed by atoms with Gasteiger partial charge in [0.2, 0.25) is 0 Å². The Morgan fingerprint density at radius 3 is 2.75 bits per heavy atom. The average molecular weight is 329 g/mol. The van der Waals surface area contributed by atoms with E-state index >= 15 is 0 Å².